The van der Waals surface area contributed by atoms with E-state index in [1.165, 1.54) is 22.3 Å². The fourth-order valence-corrected chi connectivity index (χ4v) is 3.33. The number of rotatable bonds is 2. The Balaban J connectivity index is 1.86. The summed E-state index contributed by atoms with van der Waals surface area (Å²) in [6, 6.07) is 19.5. The van der Waals surface area contributed by atoms with E-state index in [1.54, 1.807) is 0 Å². The molecule has 0 fully saturated rings. The fraction of sp³-hybridized carbons (Fsp3) is 0.100. The lowest BCUT2D eigenvalue weighted by Crippen LogP contribution is -2.07. The third-order valence-electron chi connectivity index (χ3n) is 4.25. The highest BCUT2D eigenvalue weighted by Crippen LogP contribution is 2.47. The molecule has 2 aliphatic rings. The van der Waals surface area contributed by atoms with Crippen molar-refractivity contribution in [1.29, 1.82) is 0 Å². The molecule has 0 saturated heterocycles. The molecule has 0 amide bonds. The number of hydrogen-bond donors (Lipinski definition) is 0. The minimum atomic E-state index is 0.448. The Kier molecular flexibility index (Phi) is 2.67. The molecule has 2 aliphatic carbocycles. The molecule has 0 spiro atoms. The van der Waals surface area contributed by atoms with Crippen LogP contribution in [0.25, 0.3) is 11.6 Å². The van der Waals surface area contributed by atoms with Gasteiger partial charge in [0.05, 0.1) is 0 Å². The molecule has 96 valence electrons. The lowest BCUT2D eigenvalue weighted by Gasteiger charge is -2.21. The van der Waals surface area contributed by atoms with Crippen molar-refractivity contribution in [2.45, 2.75) is 5.92 Å². The zero-order chi connectivity index (χ0) is 13.4. The maximum Gasteiger partial charge on any atom is 0.0199 e. The molecule has 1 unspecified atom stereocenters. The van der Waals surface area contributed by atoms with E-state index in [1.807, 2.05) is 0 Å². The lowest BCUT2D eigenvalue weighted by atomic mass is 9.82. The zero-order valence-electron chi connectivity index (χ0n) is 11.2. The molecule has 0 saturated carbocycles. The van der Waals surface area contributed by atoms with Crippen LogP contribution in [0, 0.1) is 5.92 Å². The van der Waals surface area contributed by atoms with Crippen LogP contribution in [0.1, 0.15) is 22.6 Å². The minimum absolute atomic E-state index is 0.448. The van der Waals surface area contributed by atoms with Crippen molar-refractivity contribution in [3.05, 3.63) is 95.6 Å². The van der Waals surface area contributed by atoms with E-state index < -0.39 is 0 Å². The van der Waals surface area contributed by atoms with E-state index in [0.29, 0.717) is 11.8 Å². The van der Waals surface area contributed by atoms with Crippen molar-refractivity contribution >= 4 is 11.6 Å². The molecule has 0 N–H and O–H groups in total. The molecule has 0 aliphatic heterocycles. The highest BCUT2D eigenvalue weighted by molar-refractivity contribution is 5.92. The summed E-state index contributed by atoms with van der Waals surface area (Å²) in [5, 5.41) is 0. The molecule has 0 radical (unpaired) electrons. The summed E-state index contributed by atoms with van der Waals surface area (Å²) in [6.45, 7) is 0. The second-order valence-corrected chi connectivity index (χ2v) is 5.42. The van der Waals surface area contributed by atoms with Gasteiger partial charge in [-0.2, -0.15) is 0 Å². The second-order valence-electron chi connectivity index (χ2n) is 5.42. The van der Waals surface area contributed by atoms with Crippen LogP contribution in [0.2, 0.25) is 0 Å². The number of fused-ring (bicyclic) bond motifs is 1. The van der Waals surface area contributed by atoms with Crippen LogP contribution in [-0.4, -0.2) is 0 Å². The van der Waals surface area contributed by atoms with E-state index in [-0.39, 0.29) is 0 Å². The molecule has 2 aromatic carbocycles. The quantitative estimate of drug-likeness (QED) is 0.704. The van der Waals surface area contributed by atoms with E-state index in [9.17, 15) is 0 Å². The third-order valence-corrected chi connectivity index (χ3v) is 4.25. The molecule has 0 bridgehead atoms. The van der Waals surface area contributed by atoms with Crippen molar-refractivity contribution < 1.29 is 0 Å². The molecule has 4 rings (SSSR count). The van der Waals surface area contributed by atoms with Crippen LogP contribution in [0.5, 0.6) is 0 Å². The molecule has 1 atom stereocenters. The van der Waals surface area contributed by atoms with Gasteiger partial charge in [-0.15, -0.1) is 0 Å². The molecule has 0 heterocycles. The van der Waals surface area contributed by atoms with E-state index in [4.69, 9.17) is 0 Å². The summed E-state index contributed by atoms with van der Waals surface area (Å²) in [5.41, 5.74) is 5.59. The van der Waals surface area contributed by atoms with Crippen molar-refractivity contribution in [2.75, 3.05) is 0 Å². The smallest absolute Gasteiger partial charge is 0.0199 e. The zero-order valence-corrected chi connectivity index (χ0v) is 11.2. The van der Waals surface area contributed by atoms with Crippen LogP contribution >= 0.6 is 0 Å². The van der Waals surface area contributed by atoms with Gasteiger partial charge in [0.1, 0.15) is 0 Å². The van der Waals surface area contributed by atoms with Gasteiger partial charge in [0.15, 0.2) is 0 Å². The molecular formula is C20H16. The number of allylic oxidation sites excluding steroid dienone is 5. The van der Waals surface area contributed by atoms with Crippen LogP contribution in [0.3, 0.4) is 0 Å². The van der Waals surface area contributed by atoms with E-state index >= 15 is 0 Å². The van der Waals surface area contributed by atoms with Crippen molar-refractivity contribution in [3.8, 4) is 0 Å². The third kappa shape index (κ3) is 1.77. The van der Waals surface area contributed by atoms with Crippen molar-refractivity contribution in [3.63, 3.8) is 0 Å². The first-order chi connectivity index (χ1) is 9.93. The van der Waals surface area contributed by atoms with Gasteiger partial charge in [-0.3, -0.25) is 0 Å². The van der Waals surface area contributed by atoms with Crippen LogP contribution in [0.15, 0.2) is 78.9 Å². The molecule has 0 aromatic heterocycles. The van der Waals surface area contributed by atoms with Gasteiger partial charge >= 0.3 is 0 Å². The maximum atomic E-state index is 2.36. The normalized spacial score (nSPS) is 20.2. The fourth-order valence-electron chi connectivity index (χ4n) is 3.33. The summed E-state index contributed by atoms with van der Waals surface area (Å²) >= 11 is 0. The second kappa shape index (κ2) is 4.64. The van der Waals surface area contributed by atoms with Gasteiger partial charge in [0.25, 0.3) is 0 Å². The highest BCUT2D eigenvalue weighted by Gasteiger charge is 2.30. The Labute approximate surface area is 119 Å². The number of benzene rings is 2. The molecule has 0 nitrogen and oxygen atoms in total. The summed E-state index contributed by atoms with van der Waals surface area (Å²) in [6.07, 6.45) is 11.3. The summed E-state index contributed by atoms with van der Waals surface area (Å²) in [5.74, 6) is 0.925. The van der Waals surface area contributed by atoms with Crippen LogP contribution < -0.4 is 0 Å². The lowest BCUT2D eigenvalue weighted by molar-refractivity contribution is 0.740. The van der Waals surface area contributed by atoms with Gasteiger partial charge in [0.2, 0.25) is 0 Å². The molecule has 2 aromatic rings. The Hall–Kier alpha value is -2.34. The van der Waals surface area contributed by atoms with E-state index in [2.05, 4.69) is 85.0 Å². The minimum Gasteiger partial charge on any atom is -0.0767 e. The Morgan fingerprint density at radius 3 is 2.20 bits per heavy atom. The standard InChI is InChI=1S/C20H16/c1-2-8-15(9-3-1)19-14-17-12-6-7-13-18(17)20(19)16-10-4-5-11-16/h1-14,16,20H. The van der Waals surface area contributed by atoms with Crippen LogP contribution in [0.4, 0.5) is 0 Å². The van der Waals surface area contributed by atoms with Gasteiger partial charge in [-0.1, -0.05) is 85.0 Å². The topological polar surface area (TPSA) is 0 Å². The first kappa shape index (κ1) is 11.5. The predicted octanol–water partition coefficient (Wildman–Crippen LogP) is 5.07. The molecule has 0 heteroatoms. The summed E-state index contributed by atoms with van der Waals surface area (Å²) < 4.78 is 0. The summed E-state index contributed by atoms with van der Waals surface area (Å²) in [4.78, 5) is 0. The Morgan fingerprint density at radius 2 is 1.40 bits per heavy atom. The predicted molar refractivity (Wildman–Crippen MR) is 85.3 cm³/mol. The summed E-state index contributed by atoms with van der Waals surface area (Å²) in [7, 11) is 0. The largest absolute Gasteiger partial charge is 0.0767 e. The SMILES string of the molecule is C1=CC(C2C(c3ccccc3)=Cc3ccccc32)C=C1. The van der Waals surface area contributed by atoms with E-state index in [0.717, 1.165) is 0 Å². The Bertz CT molecular complexity index is 705. The maximum absolute atomic E-state index is 2.36. The van der Waals surface area contributed by atoms with Crippen molar-refractivity contribution in [2.24, 2.45) is 5.92 Å². The van der Waals surface area contributed by atoms with Gasteiger partial charge < -0.3 is 0 Å². The average Bonchev–Trinajstić information content (AvgIpc) is 3.14. The first-order valence-electron chi connectivity index (χ1n) is 7.14. The number of hydrogen-bond acceptors (Lipinski definition) is 0. The van der Waals surface area contributed by atoms with Gasteiger partial charge in [0, 0.05) is 11.8 Å². The first-order valence-corrected chi connectivity index (χ1v) is 7.14. The average molecular weight is 256 g/mol. The van der Waals surface area contributed by atoms with Gasteiger partial charge in [-0.05, 0) is 22.3 Å². The highest BCUT2D eigenvalue weighted by atomic mass is 14.3. The van der Waals surface area contributed by atoms with Crippen molar-refractivity contribution in [1.82, 2.24) is 0 Å². The molecule has 20 heavy (non-hydrogen) atoms. The van der Waals surface area contributed by atoms with Crippen LogP contribution in [-0.2, 0) is 0 Å². The van der Waals surface area contributed by atoms with Gasteiger partial charge in [-0.25, -0.2) is 0 Å². The Morgan fingerprint density at radius 1 is 0.700 bits per heavy atom. The molecular weight excluding hydrogens is 240 g/mol. The monoisotopic (exact) mass is 256 g/mol.